The molecule has 0 amide bonds. The first-order chi connectivity index (χ1) is 37.1. The van der Waals surface area contributed by atoms with Crippen LogP contribution >= 0.6 is 0 Å². The van der Waals surface area contributed by atoms with Crippen LogP contribution in [0.25, 0.3) is 0 Å². The zero-order valence-corrected chi connectivity index (χ0v) is 46.4. The fourth-order valence-corrected chi connectivity index (χ4v) is 13.3. The molecule has 14 nitrogen and oxygen atoms in total. The summed E-state index contributed by atoms with van der Waals surface area (Å²) in [5.74, 6) is -0.628. The van der Waals surface area contributed by atoms with Crippen molar-refractivity contribution in [3.05, 3.63) is 236 Å². The van der Waals surface area contributed by atoms with Crippen molar-refractivity contribution in [3.8, 4) is 23.0 Å². The maximum atomic E-state index is 14.5. The van der Waals surface area contributed by atoms with E-state index in [0.717, 1.165) is 22.3 Å². The Labute approximate surface area is 456 Å². The van der Waals surface area contributed by atoms with Crippen molar-refractivity contribution in [3.63, 3.8) is 0 Å². The molecule has 0 atom stereocenters. The van der Waals surface area contributed by atoms with Crippen LogP contribution in [0.1, 0.15) is 77.9 Å². The van der Waals surface area contributed by atoms with Gasteiger partial charge in [0.05, 0.1) is 0 Å². The fraction of sp³-hybridized carbons (Fsp3) is 0.200. The second kappa shape index (κ2) is 22.6. The maximum absolute atomic E-state index is 14.5. The molecular weight excluding hydrogens is 1070 g/mol. The second-order valence-corrected chi connectivity index (χ2v) is 25.5. The summed E-state index contributed by atoms with van der Waals surface area (Å²) in [5, 5.41) is 20.8. The van der Waals surface area contributed by atoms with Crippen LogP contribution in [0.3, 0.4) is 0 Å². The lowest BCUT2D eigenvalue weighted by Gasteiger charge is -2.23. The number of hydrogen-bond donors (Lipinski definition) is 2. The van der Waals surface area contributed by atoms with Gasteiger partial charge in [-0.15, -0.1) is 0 Å². The van der Waals surface area contributed by atoms with Gasteiger partial charge in [0, 0.05) is 83.4 Å². The Kier molecular flexibility index (Phi) is 16.0. The number of para-hydroxylation sites is 2. The molecule has 0 spiro atoms. The molecule has 1 aliphatic carbocycles. The summed E-state index contributed by atoms with van der Waals surface area (Å²) in [6.45, 7) is 6.57. The van der Waals surface area contributed by atoms with Crippen molar-refractivity contribution in [1.82, 2.24) is 0 Å². The van der Waals surface area contributed by atoms with Crippen LogP contribution in [-0.4, -0.2) is 57.1 Å². The monoisotopic (exact) mass is 1130 g/mol. The topological polar surface area (TPSA) is 214 Å². The first-order valence-electron chi connectivity index (χ1n) is 24.9. The highest BCUT2D eigenvalue weighted by Gasteiger charge is 2.31. The number of benzene rings is 8. The third-order valence-corrected chi connectivity index (χ3v) is 18.2. The van der Waals surface area contributed by atoms with Crippen molar-refractivity contribution in [2.45, 2.75) is 85.8 Å². The SMILES string of the molecule is Cc1ccc(S(=O)(=O)Oc2c3cccc2Cc2cc(CCO)cc(c2OS(=O)(=O)c2ccc(C)cc2)Cc2cccc(c2OS(=O)(=O)c2ccc(C)cc2)Cc2cc(CCO)cc(c2OS(=O)(=O)c2ccc(C)cc2)C3)cc1. The molecule has 1 aliphatic rings. The minimum absolute atomic E-state index is 0.0838. The molecule has 0 aliphatic heterocycles. The standard InChI is InChI=1S/C60H56O14S4/c1-39-11-19-53(20-12-39)75(63,64)71-57-45-7-5-8-46(57)36-50-32-44(28-30-62)34-52(60(50)74-78(69,70)56-25-17-42(4)18-26-56)38-48-10-6-9-47(58(48)72-76(65,66)54-21-13-40(2)14-22-54)37-51-33-43(27-29-61)31-49(35-45)59(51)73-77(67,68)55-23-15-41(3)16-24-55/h5-26,31-34,61-62H,27-30,35-38H2,1-4H3. The molecule has 0 saturated carbocycles. The number of fused-ring (bicyclic) bond motifs is 8. The zero-order chi connectivity index (χ0) is 55.6. The Bertz CT molecular complexity index is 3650. The van der Waals surface area contributed by atoms with Gasteiger partial charge in [-0.2, -0.15) is 33.7 Å². The van der Waals surface area contributed by atoms with Crippen molar-refractivity contribution in [2.24, 2.45) is 0 Å². The molecule has 9 rings (SSSR count). The van der Waals surface area contributed by atoms with Gasteiger partial charge in [-0.05, 0) is 100 Å². The van der Waals surface area contributed by atoms with E-state index in [-0.39, 0.29) is 139 Å². The number of aliphatic hydroxyl groups is 2. The molecule has 18 heteroatoms. The molecule has 404 valence electrons. The summed E-state index contributed by atoms with van der Waals surface area (Å²) in [4.78, 5) is -0.664. The molecule has 2 N–H and O–H groups in total. The first-order valence-corrected chi connectivity index (χ1v) is 30.5. The zero-order valence-electron chi connectivity index (χ0n) is 43.1. The highest BCUT2D eigenvalue weighted by atomic mass is 32.2. The smallest absolute Gasteiger partial charge is 0.339 e. The molecule has 0 heterocycles. The van der Waals surface area contributed by atoms with E-state index in [9.17, 15) is 43.9 Å². The van der Waals surface area contributed by atoms with Crippen LogP contribution in [0, 0.1) is 27.7 Å². The first kappa shape index (κ1) is 55.4. The lowest BCUT2D eigenvalue weighted by molar-refractivity contribution is 0.299. The quantitative estimate of drug-likeness (QED) is 0.0862. The van der Waals surface area contributed by atoms with Gasteiger partial charge in [-0.3, -0.25) is 0 Å². The molecule has 8 aromatic carbocycles. The molecule has 0 unspecified atom stereocenters. The van der Waals surface area contributed by atoms with Gasteiger partial charge in [0.25, 0.3) is 0 Å². The summed E-state index contributed by atoms with van der Waals surface area (Å²) < 4.78 is 141. The molecule has 0 fully saturated rings. The summed E-state index contributed by atoms with van der Waals surface area (Å²) >= 11 is 0. The Morgan fingerprint density at radius 1 is 0.321 bits per heavy atom. The Morgan fingerprint density at radius 3 is 0.731 bits per heavy atom. The van der Waals surface area contributed by atoms with Crippen LogP contribution in [0.2, 0.25) is 0 Å². The van der Waals surface area contributed by atoms with E-state index in [1.807, 2.05) is 0 Å². The number of aryl methyl sites for hydroxylation is 4. The van der Waals surface area contributed by atoms with Crippen molar-refractivity contribution in [1.29, 1.82) is 0 Å². The van der Waals surface area contributed by atoms with E-state index in [4.69, 9.17) is 16.7 Å². The summed E-state index contributed by atoms with van der Waals surface area (Å²) in [6.07, 6.45) is -0.817. The van der Waals surface area contributed by atoms with Gasteiger partial charge in [0.2, 0.25) is 0 Å². The van der Waals surface area contributed by atoms with Gasteiger partial charge in [-0.25, -0.2) is 0 Å². The van der Waals surface area contributed by atoms with E-state index in [1.54, 1.807) is 137 Å². The Balaban J connectivity index is 1.36. The van der Waals surface area contributed by atoms with Crippen molar-refractivity contribution >= 4 is 40.5 Å². The normalized spacial score (nSPS) is 12.9. The minimum Gasteiger partial charge on any atom is -0.396 e. The fourth-order valence-electron chi connectivity index (χ4n) is 9.26. The third kappa shape index (κ3) is 12.5. The van der Waals surface area contributed by atoms with Crippen molar-refractivity contribution < 1.29 is 60.6 Å². The Morgan fingerprint density at radius 2 is 0.526 bits per heavy atom. The highest BCUT2D eigenvalue weighted by Crippen LogP contribution is 2.42. The number of aliphatic hydroxyl groups excluding tert-OH is 2. The maximum Gasteiger partial charge on any atom is 0.339 e. The summed E-state index contributed by atoms with van der Waals surface area (Å²) in [7, 11) is -18.5. The minimum atomic E-state index is -4.63. The number of rotatable bonds is 16. The number of hydrogen-bond acceptors (Lipinski definition) is 14. The highest BCUT2D eigenvalue weighted by molar-refractivity contribution is 7.88. The molecule has 8 bridgehead atoms. The largest absolute Gasteiger partial charge is 0.396 e. The van der Waals surface area contributed by atoms with E-state index in [1.165, 1.54) is 48.5 Å². The van der Waals surface area contributed by atoms with Gasteiger partial charge in [0.1, 0.15) is 42.6 Å². The predicted molar refractivity (Wildman–Crippen MR) is 295 cm³/mol. The van der Waals surface area contributed by atoms with Crippen LogP contribution in [0.4, 0.5) is 0 Å². The molecule has 0 aromatic heterocycles. The molecular formula is C60H56O14S4. The molecule has 0 saturated heterocycles. The average Bonchev–Trinajstić information content (AvgIpc) is 3.49. The van der Waals surface area contributed by atoms with E-state index in [0.29, 0.717) is 11.1 Å². The summed E-state index contributed by atoms with van der Waals surface area (Å²) in [5.41, 5.74) is 6.05. The predicted octanol–water partition coefficient (Wildman–Crippen LogP) is 9.74. The van der Waals surface area contributed by atoms with Crippen LogP contribution in [-0.2, 0) is 79.0 Å². The van der Waals surface area contributed by atoms with E-state index in [2.05, 4.69) is 0 Å². The molecule has 8 aromatic rings. The third-order valence-electron chi connectivity index (χ3n) is 13.3. The molecule has 78 heavy (non-hydrogen) atoms. The van der Waals surface area contributed by atoms with Crippen LogP contribution in [0.5, 0.6) is 23.0 Å². The van der Waals surface area contributed by atoms with Gasteiger partial charge in [0.15, 0.2) is 0 Å². The van der Waals surface area contributed by atoms with Gasteiger partial charge >= 0.3 is 40.5 Å². The van der Waals surface area contributed by atoms with Crippen LogP contribution in [0.15, 0.2) is 177 Å². The second-order valence-electron chi connectivity index (χ2n) is 19.4. The lowest BCUT2D eigenvalue weighted by atomic mass is 9.89. The van der Waals surface area contributed by atoms with Crippen molar-refractivity contribution in [2.75, 3.05) is 13.2 Å². The average molecular weight is 1130 g/mol. The van der Waals surface area contributed by atoms with Gasteiger partial charge < -0.3 is 26.9 Å². The molecule has 0 radical (unpaired) electrons. The summed E-state index contributed by atoms with van der Waals surface area (Å²) in [6, 6.07) is 40.6. The van der Waals surface area contributed by atoms with E-state index < -0.39 is 40.5 Å². The lowest BCUT2D eigenvalue weighted by Crippen LogP contribution is -2.17. The van der Waals surface area contributed by atoms with Gasteiger partial charge in [-0.1, -0.05) is 131 Å². The Hall–Kier alpha value is -7.32. The van der Waals surface area contributed by atoms with E-state index >= 15 is 0 Å². The van der Waals surface area contributed by atoms with Crippen LogP contribution < -0.4 is 16.7 Å².